The van der Waals surface area contributed by atoms with Crippen LogP contribution >= 0.6 is 0 Å². The van der Waals surface area contributed by atoms with Crippen molar-refractivity contribution in [3.8, 4) is 5.75 Å². The largest absolute Gasteiger partial charge is 0.496 e. The van der Waals surface area contributed by atoms with E-state index in [1.54, 1.807) is 7.11 Å². The number of rotatable bonds is 7. The molecule has 22 heavy (non-hydrogen) atoms. The van der Waals surface area contributed by atoms with Gasteiger partial charge >= 0.3 is 0 Å². The zero-order valence-electron chi connectivity index (χ0n) is 13.7. The normalized spacial score (nSPS) is 24.2. The van der Waals surface area contributed by atoms with E-state index in [9.17, 15) is 5.11 Å². The Morgan fingerprint density at radius 2 is 1.95 bits per heavy atom. The fraction of sp³-hybridized carbons (Fsp3) is 0.647. The average molecular weight is 309 g/mol. The molecule has 1 heterocycles. The topological polar surface area (TPSA) is 51.2 Å². The van der Waals surface area contributed by atoms with Gasteiger partial charge in [0, 0.05) is 25.2 Å². The summed E-state index contributed by atoms with van der Waals surface area (Å²) < 4.78 is 16.6. The summed E-state index contributed by atoms with van der Waals surface area (Å²) >= 11 is 0. The third-order valence-corrected chi connectivity index (χ3v) is 3.72. The van der Waals surface area contributed by atoms with Gasteiger partial charge in [0.15, 0.2) is 0 Å². The van der Waals surface area contributed by atoms with E-state index in [2.05, 4.69) is 18.7 Å². The molecule has 5 nitrogen and oxygen atoms in total. The molecule has 1 N–H and O–H groups in total. The van der Waals surface area contributed by atoms with Crippen molar-refractivity contribution in [2.24, 2.45) is 0 Å². The van der Waals surface area contributed by atoms with Crippen molar-refractivity contribution in [3.05, 3.63) is 29.8 Å². The first-order valence-corrected chi connectivity index (χ1v) is 7.84. The summed E-state index contributed by atoms with van der Waals surface area (Å²) in [6.07, 6.45) is -0.0666. The Balaban J connectivity index is 1.72. The molecule has 1 fully saturated rings. The molecule has 0 saturated carbocycles. The molecule has 124 valence electrons. The van der Waals surface area contributed by atoms with Gasteiger partial charge in [0.25, 0.3) is 0 Å². The van der Waals surface area contributed by atoms with Crippen LogP contribution in [0.25, 0.3) is 0 Å². The standard InChI is InChI=1S/C17H27NO4/c1-13-8-18(9-14(2)22-13)10-16(19)12-21-11-15-6-4-5-7-17(15)20-3/h4-7,13-14,16,19H,8-12H2,1-3H3/t13-,14-,16+/m0/s1. The molecule has 5 heteroatoms. The van der Waals surface area contributed by atoms with Crippen LogP contribution in [-0.4, -0.2) is 61.7 Å². The van der Waals surface area contributed by atoms with Crippen molar-refractivity contribution in [1.82, 2.24) is 4.90 Å². The number of β-amino-alcohol motifs (C(OH)–C–C–N with tert-alkyl or cyclic N) is 1. The molecule has 2 rings (SSSR count). The van der Waals surface area contributed by atoms with Gasteiger partial charge in [0.05, 0.1) is 38.6 Å². The van der Waals surface area contributed by atoms with Crippen molar-refractivity contribution >= 4 is 0 Å². The number of morpholine rings is 1. The number of aliphatic hydroxyl groups excluding tert-OH is 1. The minimum atomic E-state index is -0.493. The molecule has 1 aromatic carbocycles. The van der Waals surface area contributed by atoms with E-state index in [-0.39, 0.29) is 12.2 Å². The molecule has 0 radical (unpaired) electrons. The Hall–Kier alpha value is -1.14. The Kier molecular flexibility index (Phi) is 6.64. The van der Waals surface area contributed by atoms with Crippen LogP contribution < -0.4 is 4.74 Å². The number of hydrogen-bond donors (Lipinski definition) is 1. The molecule has 0 unspecified atom stereocenters. The van der Waals surface area contributed by atoms with Gasteiger partial charge in [-0.1, -0.05) is 18.2 Å². The second kappa shape index (κ2) is 8.48. The van der Waals surface area contributed by atoms with E-state index in [0.717, 1.165) is 24.4 Å². The summed E-state index contributed by atoms with van der Waals surface area (Å²) in [5.74, 6) is 0.813. The van der Waals surface area contributed by atoms with E-state index in [4.69, 9.17) is 14.2 Å². The molecular formula is C17H27NO4. The fourth-order valence-electron chi connectivity index (χ4n) is 2.91. The fourth-order valence-corrected chi connectivity index (χ4v) is 2.91. The predicted molar refractivity (Wildman–Crippen MR) is 85.1 cm³/mol. The highest BCUT2D eigenvalue weighted by atomic mass is 16.5. The van der Waals surface area contributed by atoms with E-state index in [1.165, 1.54) is 0 Å². The van der Waals surface area contributed by atoms with Gasteiger partial charge in [-0.3, -0.25) is 4.90 Å². The molecule has 3 atom stereocenters. The van der Waals surface area contributed by atoms with Crippen LogP contribution in [0.2, 0.25) is 0 Å². The highest BCUT2D eigenvalue weighted by molar-refractivity contribution is 5.32. The first kappa shape index (κ1) is 17.2. The molecular weight excluding hydrogens is 282 g/mol. The Bertz CT molecular complexity index is 444. The van der Waals surface area contributed by atoms with Crippen LogP contribution in [0.3, 0.4) is 0 Å². The lowest BCUT2D eigenvalue weighted by molar-refractivity contribution is -0.0826. The van der Waals surface area contributed by atoms with Crippen LogP contribution in [0.1, 0.15) is 19.4 Å². The third-order valence-electron chi connectivity index (χ3n) is 3.72. The lowest BCUT2D eigenvalue weighted by Crippen LogP contribution is -2.48. The highest BCUT2D eigenvalue weighted by Crippen LogP contribution is 2.18. The summed E-state index contributed by atoms with van der Waals surface area (Å²) in [7, 11) is 1.65. The van der Waals surface area contributed by atoms with Crippen molar-refractivity contribution in [1.29, 1.82) is 0 Å². The van der Waals surface area contributed by atoms with E-state index in [1.807, 2.05) is 24.3 Å². The Morgan fingerprint density at radius 1 is 1.27 bits per heavy atom. The molecule has 0 aromatic heterocycles. The maximum atomic E-state index is 10.1. The van der Waals surface area contributed by atoms with Crippen molar-refractivity contribution in [2.45, 2.75) is 38.8 Å². The van der Waals surface area contributed by atoms with Gasteiger partial charge in [0.1, 0.15) is 5.75 Å². The van der Waals surface area contributed by atoms with Gasteiger partial charge in [-0.25, -0.2) is 0 Å². The predicted octanol–water partition coefficient (Wildman–Crippen LogP) is 1.68. The second-order valence-electron chi connectivity index (χ2n) is 5.96. The number of ether oxygens (including phenoxy) is 3. The maximum absolute atomic E-state index is 10.1. The molecule has 0 bridgehead atoms. The number of aliphatic hydroxyl groups is 1. The van der Waals surface area contributed by atoms with Crippen LogP contribution in [0.5, 0.6) is 5.75 Å². The molecule has 1 saturated heterocycles. The third kappa shape index (κ3) is 5.25. The van der Waals surface area contributed by atoms with Gasteiger partial charge in [-0.2, -0.15) is 0 Å². The van der Waals surface area contributed by atoms with Gasteiger partial charge < -0.3 is 19.3 Å². The summed E-state index contributed by atoms with van der Waals surface area (Å²) in [5.41, 5.74) is 0.991. The van der Waals surface area contributed by atoms with Crippen molar-refractivity contribution in [3.63, 3.8) is 0 Å². The van der Waals surface area contributed by atoms with Crippen molar-refractivity contribution in [2.75, 3.05) is 33.4 Å². The minimum absolute atomic E-state index is 0.213. The zero-order valence-corrected chi connectivity index (χ0v) is 13.7. The van der Waals surface area contributed by atoms with Crippen LogP contribution in [-0.2, 0) is 16.1 Å². The first-order chi connectivity index (χ1) is 10.6. The van der Waals surface area contributed by atoms with Crippen molar-refractivity contribution < 1.29 is 19.3 Å². The van der Waals surface area contributed by atoms with Crippen LogP contribution in [0, 0.1) is 0 Å². The molecule has 0 aliphatic carbocycles. The second-order valence-corrected chi connectivity index (χ2v) is 5.96. The summed E-state index contributed by atoms with van der Waals surface area (Å²) in [4.78, 5) is 2.23. The lowest BCUT2D eigenvalue weighted by atomic mass is 10.2. The van der Waals surface area contributed by atoms with E-state index < -0.39 is 6.10 Å². The van der Waals surface area contributed by atoms with Gasteiger partial charge in [-0.05, 0) is 19.9 Å². The smallest absolute Gasteiger partial charge is 0.124 e. The molecule has 0 amide bonds. The number of nitrogens with zero attached hydrogens (tertiary/aromatic N) is 1. The summed E-state index contributed by atoms with van der Waals surface area (Å²) in [6, 6.07) is 7.76. The summed E-state index contributed by atoms with van der Waals surface area (Å²) in [6.45, 7) is 7.21. The molecule has 1 aliphatic heterocycles. The number of para-hydroxylation sites is 1. The zero-order chi connectivity index (χ0) is 15.9. The quantitative estimate of drug-likeness (QED) is 0.830. The molecule has 1 aromatic rings. The Morgan fingerprint density at radius 3 is 2.64 bits per heavy atom. The molecule has 0 spiro atoms. The highest BCUT2D eigenvalue weighted by Gasteiger charge is 2.23. The minimum Gasteiger partial charge on any atom is -0.496 e. The average Bonchev–Trinajstić information content (AvgIpc) is 2.46. The molecule has 1 aliphatic rings. The van der Waals surface area contributed by atoms with Crippen LogP contribution in [0.15, 0.2) is 24.3 Å². The lowest BCUT2D eigenvalue weighted by Gasteiger charge is -2.36. The van der Waals surface area contributed by atoms with Gasteiger partial charge in [0.2, 0.25) is 0 Å². The monoisotopic (exact) mass is 309 g/mol. The van der Waals surface area contributed by atoms with E-state index >= 15 is 0 Å². The maximum Gasteiger partial charge on any atom is 0.124 e. The first-order valence-electron chi connectivity index (χ1n) is 7.84. The summed E-state index contributed by atoms with van der Waals surface area (Å²) in [5, 5.41) is 10.1. The Labute approximate surface area is 132 Å². The number of methoxy groups -OCH3 is 1. The van der Waals surface area contributed by atoms with Crippen LogP contribution in [0.4, 0.5) is 0 Å². The van der Waals surface area contributed by atoms with Gasteiger partial charge in [-0.15, -0.1) is 0 Å². The number of benzene rings is 1. The van der Waals surface area contributed by atoms with E-state index in [0.29, 0.717) is 19.8 Å². The number of hydrogen-bond acceptors (Lipinski definition) is 5. The SMILES string of the molecule is COc1ccccc1COC[C@H](O)CN1C[C@H](C)O[C@@H](C)C1.